The molecule has 1 aromatic rings. The predicted molar refractivity (Wildman–Crippen MR) is 66.5 cm³/mol. The van der Waals surface area contributed by atoms with Crippen LogP contribution in [-0.2, 0) is 13.1 Å². The number of hydrogen-bond donors (Lipinski definition) is 1. The maximum absolute atomic E-state index is 6.06. The van der Waals surface area contributed by atoms with Crippen LogP contribution in [0.15, 0.2) is 12.4 Å². The lowest BCUT2D eigenvalue weighted by atomic mass is 9.95. The van der Waals surface area contributed by atoms with Gasteiger partial charge in [-0.2, -0.15) is 0 Å². The van der Waals surface area contributed by atoms with Crippen LogP contribution in [0.25, 0.3) is 0 Å². The zero-order valence-electron chi connectivity index (χ0n) is 10.5. The SMILES string of the molecule is CN1CCC(CN)(N2CCn3ccnc3C2)C1. The molecule has 17 heavy (non-hydrogen) atoms. The van der Waals surface area contributed by atoms with Gasteiger partial charge in [-0.25, -0.2) is 4.98 Å². The van der Waals surface area contributed by atoms with Gasteiger partial charge in [0.1, 0.15) is 5.82 Å². The van der Waals surface area contributed by atoms with E-state index < -0.39 is 0 Å². The molecule has 2 N–H and O–H groups in total. The highest BCUT2D eigenvalue weighted by Gasteiger charge is 2.41. The number of aromatic nitrogens is 2. The summed E-state index contributed by atoms with van der Waals surface area (Å²) in [5.74, 6) is 1.18. The van der Waals surface area contributed by atoms with Crippen molar-refractivity contribution in [1.82, 2.24) is 19.4 Å². The van der Waals surface area contributed by atoms with Gasteiger partial charge >= 0.3 is 0 Å². The Labute approximate surface area is 102 Å². The van der Waals surface area contributed by atoms with Crippen molar-refractivity contribution in [2.24, 2.45) is 5.73 Å². The van der Waals surface area contributed by atoms with Crippen LogP contribution in [0, 0.1) is 0 Å². The number of nitrogens with two attached hydrogens (primary N) is 1. The summed E-state index contributed by atoms with van der Waals surface area (Å²) in [5.41, 5.74) is 6.23. The van der Waals surface area contributed by atoms with Crippen LogP contribution < -0.4 is 5.73 Å². The Morgan fingerprint density at radius 2 is 2.29 bits per heavy atom. The molecule has 1 atom stereocenters. The van der Waals surface area contributed by atoms with E-state index in [-0.39, 0.29) is 5.54 Å². The minimum atomic E-state index is 0.173. The second-order valence-electron chi connectivity index (χ2n) is 5.37. The Balaban J connectivity index is 1.81. The molecule has 0 bridgehead atoms. The van der Waals surface area contributed by atoms with Gasteiger partial charge in [0.05, 0.1) is 6.54 Å². The molecule has 3 rings (SSSR count). The predicted octanol–water partition coefficient (Wildman–Crippen LogP) is -0.268. The number of imidazole rings is 1. The van der Waals surface area contributed by atoms with E-state index in [1.807, 2.05) is 6.20 Å². The largest absolute Gasteiger partial charge is 0.333 e. The standard InChI is InChI=1S/C12H21N5/c1-15-4-2-12(9-13,10-15)17-7-6-16-5-3-14-11(16)8-17/h3,5H,2,4,6-10,13H2,1H3. The molecule has 1 aromatic heterocycles. The summed E-state index contributed by atoms with van der Waals surface area (Å²) in [4.78, 5) is 9.35. The van der Waals surface area contributed by atoms with Crippen LogP contribution in [0.4, 0.5) is 0 Å². The maximum Gasteiger partial charge on any atom is 0.122 e. The fraction of sp³-hybridized carbons (Fsp3) is 0.750. The van der Waals surface area contributed by atoms with Crippen LogP contribution in [0.2, 0.25) is 0 Å². The summed E-state index contributed by atoms with van der Waals surface area (Å²) in [7, 11) is 2.18. The van der Waals surface area contributed by atoms with Crippen LogP contribution >= 0.6 is 0 Å². The Kier molecular flexibility index (Phi) is 2.69. The van der Waals surface area contributed by atoms with Crippen molar-refractivity contribution >= 4 is 0 Å². The number of likely N-dealkylation sites (tertiary alicyclic amines) is 1. The first-order valence-corrected chi connectivity index (χ1v) is 6.37. The fourth-order valence-electron chi connectivity index (χ4n) is 3.19. The molecule has 94 valence electrons. The number of nitrogens with zero attached hydrogens (tertiary/aromatic N) is 4. The lowest BCUT2D eigenvalue weighted by molar-refractivity contribution is 0.0706. The minimum Gasteiger partial charge on any atom is -0.333 e. The van der Waals surface area contributed by atoms with Crippen LogP contribution in [0.5, 0.6) is 0 Å². The second-order valence-corrected chi connectivity index (χ2v) is 5.37. The number of hydrogen-bond acceptors (Lipinski definition) is 4. The van der Waals surface area contributed by atoms with E-state index in [1.165, 1.54) is 12.2 Å². The molecule has 2 aliphatic rings. The Bertz CT molecular complexity index is 401. The molecule has 1 fully saturated rings. The van der Waals surface area contributed by atoms with Crippen molar-refractivity contribution in [3.8, 4) is 0 Å². The number of fused-ring (bicyclic) bond motifs is 1. The molecule has 0 saturated carbocycles. The first-order valence-electron chi connectivity index (χ1n) is 6.37. The Hall–Kier alpha value is -0.910. The highest BCUT2D eigenvalue weighted by atomic mass is 15.3. The van der Waals surface area contributed by atoms with Gasteiger partial charge in [0.2, 0.25) is 0 Å². The van der Waals surface area contributed by atoms with Crippen molar-refractivity contribution in [3.05, 3.63) is 18.2 Å². The highest BCUT2D eigenvalue weighted by Crippen LogP contribution is 2.29. The van der Waals surface area contributed by atoms with E-state index in [0.29, 0.717) is 0 Å². The zero-order chi connectivity index (χ0) is 11.9. The van der Waals surface area contributed by atoms with E-state index in [4.69, 9.17) is 5.73 Å². The summed E-state index contributed by atoms with van der Waals surface area (Å²) in [6.07, 6.45) is 5.15. The monoisotopic (exact) mass is 235 g/mol. The third kappa shape index (κ3) is 1.78. The third-order valence-electron chi connectivity index (χ3n) is 4.32. The Morgan fingerprint density at radius 1 is 1.41 bits per heavy atom. The smallest absolute Gasteiger partial charge is 0.122 e. The summed E-state index contributed by atoms with van der Waals surface area (Å²) >= 11 is 0. The molecule has 0 amide bonds. The van der Waals surface area contributed by atoms with Gasteiger partial charge in [-0.1, -0.05) is 0 Å². The van der Waals surface area contributed by atoms with E-state index >= 15 is 0 Å². The molecular formula is C12H21N5. The normalized spacial score (nSPS) is 30.7. The second kappa shape index (κ2) is 4.08. The van der Waals surface area contributed by atoms with Crippen molar-refractivity contribution in [2.75, 3.05) is 33.2 Å². The topological polar surface area (TPSA) is 50.3 Å². The van der Waals surface area contributed by atoms with E-state index in [1.54, 1.807) is 0 Å². The number of likely N-dealkylation sites (N-methyl/N-ethyl adjacent to an activating group) is 1. The lowest BCUT2D eigenvalue weighted by Crippen LogP contribution is -2.57. The lowest BCUT2D eigenvalue weighted by Gasteiger charge is -2.42. The summed E-state index contributed by atoms with van der Waals surface area (Å²) < 4.78 is 2.25. The van der Waals surface area contributed by atoms with Crippen LogP contribution in [0.3, 0.4) is 0 Å². The molecule has 1 unspecified atom stereocenters. The van der Waals surface area contributed by atoms with Crippen molar-refractivity contribution in [1.29, 1.82) is 0 Å². The van der Waals surface area contributed by atoms with Gasteiger partial charge in [-0.3, -0.25) is 4.90 Å². The van der Waals surface area contributed by atoms with Crippen molar-refractivity contribution in [2.45, 2.75) is 25.0 Å². The van der Waals surface area contributed by atoms with Gasteiger partial charge < -0.3 is 15.2 Å². The average molecular weight is 235 g/mol. The quantitative estimate of drug-likeness (QED) is 0.767. The van der Waals surface area contributed by atoms with Gasteiger partial charge in [0, 0.05) is 44.1 Å². The van der Waals surface area contributed by atoms with Gasteiger partial charge in [0.25, 0.3) is 0 Å². The molecular weight excluding hydrogens is 214 g/mol. The average Bonchev–Trinajstić information content (AvgIpc) is 2.94. The molecule has 0 aromatic carbocycles. The molecule has 0 radical (unpaired) electrons. The van der Waals surface area contributed by atoms with Gasteiger partial charge in [0.15, 0.2) is 0 Å². The molecule has 0 aliphatic carbocycles. The first kappa shape index (κ1) is 11.2. The van der Waals surface area contributed by atoms with Crippen LogP contribution in [0.1, 0.15) is 12.2 Å². The van der Waals surface area contributed by atoms with E-state index in [0.717, 1.165) is 39.3 Å². The minimum absolute atomic E-state index is 0.173. The third-order valence-corrected chi connectivity index (χ3v) is 4.32. The van der Waals surface area contributed by atoms with Gasteiger partial charge in [-0.15, -0.1) is 0 Å². The highest BCUT2D eigenvalue weighted by molar-refractivity contribution is 5.04. The molecule has 2 aliphatic heterocycles. The Morgan fingerprint density at radius 3 is 3.00 bits per heavy atom. The summed E-state index contributed by atoms with van der Waals surface area (Å²) in [6, 6.07) is 0. The molecule has 1 saturated heterocycles. The van der Waals surface area contributed by atoms with Crippen molar-refractivity contribution < 1.29 is 0 Å². The molecule has 5 nitrogen and oxygen atoms in total. The molecule has 5 heteroatoms. The van der Waals surface area contributed by atoms with Gasteiger partial charge in [-0.05, 0) is 20.0 Å². The maximum atomic E-state index is 6.06. The first-order chi connectivity index (χ1) is 8.23. The zero-order valence-corrected chi connectivity index (χ0v) is 10.5. The van der Waals surface area contributed by atoms with E-state index in [2.05, 4.69) is 32.6 Å². The van der Waals surface area contributed by atoms with Crippen LogP contribution in [-0.4, -0.2) is 58.1 Å². The summed E-state index contributed by atoms with van der Waals surface area (Å²) in [6.45, 7) is 6.07. The molecule has 3 heterocycles. The summed E-state index contributed by atoms with van der Waals surface area (Å²) in [5, 5.41) is 0. The molecule has 0 spiro atoms. The number of rotatable bonds is 2. The fourth-order valence-corrected chi connectivity index (χ4v) is 3.19. The van der Waals surface area contributed by atoms with Crippen molar-refractivity contribution in [3.63, 3.8) is 0 Å². The van der Waals surface area contributed by atoms with E-state index in [9.17, 15) is 0 Å².